The number of halogens is 1. The number of hydrogen-bond donors (Lipinski definition) is 2. The van der Waals surface area contributed by atoms with Crippen LogP contribution in [0, 0.1) is 5.41 Å². The lowest BCUT2D eigenvalue weighted by Gasteiger charge is -2.20. The van der Waals surface area contributed by atoms with E-state index in [2.05, 4.69) is 15.4 Å². The zero-order valence-corrected chi connectivity index (χ0v) is 12.6. The smallest absolute Gasteiger partial charge is 0.411 e. The molecule has 20 heavy (non-hydrogen) atoms. The summed E-state index contributed by atoms with van der Waals surface area (Å²) in [6.45, 7) is 4.00. The fourth-order valence-corrected chi connectivity index (χ4v) is 1.48. The van der Waals surface area contributed by atoms with Crippen molar-refractivity contribution in [3.8, 4) is 0 Å². The zero-order valence-electron chi connectivity index (χ0n) is 11.8. The first-order valence-electron chi connectivity index (χ1n) is 6.17. The van der Waals surface area contributed by atoms with E-state index in [1.54, 1.807) is 26.0 Å². The van der Waals surface area contributed by atoms with Crippen LogP contribution in [0.15, 0.2) is 24.3 Å². The van der Waals surface area contributed by atoms with Crippen LogP contribution in [0.2, 0.25) is 0 Å². The Hall–Kier alpha value is -1.75. The summed E-state index contributed by atoms with van der Waals surface area (Å²) in [5.74, 6) is 0.171. The summed E-state index contributed by atoms with van der Waals surface area (Å²) in [5.41, 5.74) is 0.973. The molecule has 0 aromatic heterocycles. The maximum atomic E-state index is 11.9. The minimum absolute atomic E-state index is 0.0933. The number of anilines is 1. The van der Waals surface area contributed by atoms with Crippen LogP contribution >= 0.6 is 11.6 Å². The van der Waals surface area contributed by atoms with E-state index in [9.17, 15) is 9.59 Å². The van der Waals surface area contributed by atoms with Crippen molar-refractivity contribution in [1.82, 2.24) is 5.32 Å². The molecular formula is C14H19ClN2O3. The van der Waals surface area contributed by atoms with Gasteiger partial charge in [0, 0.05) is 18.1 Å². The monoisotopic (exact) mass is 298 g/mol. The predicted octanol–water partition coefficient (Wildman–Crippen LogP) is 2.75. The van der Waals surface area contributed by atoms with E-state index in [-0.39, 0.29) is 11.8 Å². The molecule has 0 atom stereocenters. The number of methoxy groups -OCH3 is 1. The third-order valence-corrected chi connectivity index (χ3v) is 3.46. The van der Waals surface area contributed by atoms with Gasteiger partial charge in [-0.05, 0) is 31.5 Å². The highest BCUT2D eigenvalue weighted by molar-refractivity contribution is 6.19. The Balaban J connectivity index is 2.54. The molecule has 0 unspecified atom stereocenters. The van der Waals surface area contributed by atoms with Gasteiger partial charge in [-0.2, -0.15) is 0 Å². The standard InChI is InChI=1S/C14H19ClN2O3/c1-14(2,9-15)12(18)16-8-10-4-6-11(7-5-10)17-13(19)20-3/h4-7H,8-9H2,1-3H3,(H,16,18)(H,17,19). The molecule has 6 heteroatoms. The van der Waals surface area contributed by atoms with Crippen LogP contribution < -0.4 is 10.6 Å². The molecule has 0 bridgehead atoms. The second-order valence-electron chi connectivity index (χ2n) is 5.01. The van der Waals surface area contributed by atoms with Gasteiger partial charge in [0.15, 0.2) is 0 Å². The van der Waals surface area contributed by atoms with Gasteiger partial charge in [0.25, 0.3) is 0 Å². The topological polar surface area (TPSA) is 67.4 Å². The van der Waals surface area contributed by atoms with E-state index in [0.29, 0.717) is 12.2 Å². The van der Waals surface area contributed by atoms with Crippen molar-refractivity contribution in [2.75, 3.05) is 18.3 Å². The molecule has 0 aliphatic heterocycles. The van der Waals surface area contributed by atoms with E-state index in [1.165, 1.54) is 7.11 Å². The highest BCUT2D eigenvalue weighted by Gasteiger charge is 2.25. The van der Waals surface area contributed by atoms with Crippen molar-refractivity contribution in [3.05, 3.63) is 29.8 Å². The average Bonchev–Trinajstić information content (AvgIpc) is 2.45. The van der Waals surface area contributed by atoms with Crippen LogP contribution in [-0.2, 0) is 16.1 Å². The van der Waals surface area contributed by atoms with Crippen LogP contribution in [0.25, 0.3) is 0 Å². The van der Waals surface area contributed by atoms with Crippen molar-refractivity contribution in [1.29, 1.82) is 0 Å². The van der Waals surface area contributed by atoms with Gasteiger partial charge in [0.05, 0.1) is 12.5 Å². The minimum atomic E-state index is -0.589. The summed E-state index contributed by atoms with van der Waals surface area (Å²) in [5, 5.41) is 5.38. The molecule has 0 spiro atoms. The van der Waals surface area contributed by atoms with Crippen molar-refractivity contribution in [2.24, 2.45) is 5.41 Å². The molecule has 1 aromatic rings. The van der Waals surface area contributed by atoms with E-state index < -0.39 is 11.5 Å². The molecule has 1 rings (SSSR count). The molecule has 0 fully saturated rings. The zero-order chi connectivity index (χ0) is 15.2. The van der Waals surface area contributed by atoms with Crippen LogP contribution in [-0.4, -0.2) is 25.0 Å². The molecule has 0 aliphatic rings. The van der Waals surface area contributed by atoms with Gasteiger partial charge in [-0.1, -0.05) is 12.1 Å². The SMILES string of the molecule is COC(=O)Nc1ccc(CNC(=O)C(C)(C)CCl)cc1. The number of alkyl halides is 1. The van der Waals surface area contributed by atoms with Gasteiger partial charge in [0.1, 0.15) is 0 Å². The molecule has 2 N–H and O–H groups in total. The first-order chi connectivity index (χ1) is 9.39. The molecule has 1 aromatic carbocycles. The van der Waals surface area contributed by atoms with Crippen LogP contribution in [0.3, 0.4) is 0 Å². The van der Waals surface area contributed by atoms with Gasteiger partial charge in [-0.15, -0.1) is 11.6 Å². The summed E-state index contributed by atoms with van der Waals surface area (Å²) < 4.78 is 4.49. The van der Waals surface area contributed by atoms with Crippen molar-refractivity contribution < 1.29 is 14.3 Å². The number of nitrogens with one attached hydrogen (secondary N) is 2. The Morgan fingerprint density at radius 2 is 1.85 bits per heavy atom. The Labute approximate surface area is 123 Å². The number of benzene rings is 1. The number of ether oxygens (including phenoxy) is 1. The minimum Gasteiger partial charge on any atom is -0.453 e. The lowest BCUT2D eigenvalue weighted by molar-refractivity contribution is -0.128. The highest BCUT2D eigenvalue weighted by atomic mass is 35.5. The third kappa shape index (κ3) is 4.74. The lowest BCUT2D eigenvalue weighted by atomic mass is 9.95. The summed E-state index contributed by atoms with van der Waals surface area (Å²) >= 11 is 5.74. The molecule has 0 saturated carbocycles. The van der Waals surface area contributed by atoms with Gasteiger partial charge < -0.3 is 10.1 Å². The fraction of sp³-hybridized carbons (Fsp3) is 0.429. The number of rotatable bonds is 5. The average molecular weight is 299 g/mol. The number of hydrogen-bond acceptors (Lipinski definition) is 3. The Bertz CT molecular complexity index is 472. The molecule has 0 aliphatic carbocycles. The number of carbonyl (C=O) groups is 2. The van der Waals surface area contributed by atoms with Crippen LogP contribution in [0.5, 0.6) is 0 Å². The summed E-state index contributed by atoms with van der Waals surface area (Å²) in [6.07, 6.45) is -0.519. The summed E-state index contributed by atoms with van der Waals surface area (Å²) in [7, 11) is 1.30. The maximum Gasteiger partial charge on any atom is 0.411 e. The summed E-state index contributed by atoms with van der Waals surface area (Å²) in [6, 6.07) is 7.12. The van der Waals surface area contributed by atoms with E-state index in [1.807, 2.05) is 12.1 Å². The molecule has 0 saturated heterocycles. The number of amides is 2. The molecule has 110 valence electrons. The van der Waals surface area contributed by atoms with Crippen LogP contribution in [0.4, 0.5) is 10.5 Å². The van der Waals surface area contributed by atoms with Crippen molar-refractivity contribution >= 4 is 29.3 Å². The normalized spacial score (nSPS) is 10.8. The fourth-order valence-electron chi connectivity index (χ4n) is 1.36. The molecule has 5 nitrogen and oxygen atoms in total. The molecular weight excluding hydrogens is 280 g/mol. The first kappa shape index (κ1) is 16.3. The maximum absolute atomic E-state index is 11.9. The largest absolute Gasteiger partial charge is 0.453 e. The van der Waals surface area contributed by atoms with Crippen molar-refractivity contribution in [3.63, 3.8) is 0 Å². The molecule has 0 heterocycles. The predicted molar refractivity (Wildman–Crippen MR) is 78.8 cm³/mol. The third-order valence-electron chi connectivity index (χ3n) is 2.79. The van der Waals surface area contributed by atoms with Gasteiger partial charge in [-0.25, -0.2) is 4.79 Å². The van der Waals surface area contributed by atoms with Crippen LogP contribution in [0.1, 0.15) is 19.4 Å². The number of carbonyl (C=O) groups excluding carboxylic acids is 2. The first-order valence-corrected chi connectivity index (χ1v) is 6.70. The molecule has 2 amide bonds. The van der Waals surface area contributed by atoms with Gasteiger partial charge >= 0.3 is 6.09 Å². The Morgan fingerprint density at radius 3 is 2.35 bits per heavy atom. The second kappa shape index (κ2) is 7.14. The van der Waals surface area contributed by atoms with Gasteiger partial charge in [0.2, 0.25) is 5.91 Å². The lowest BCUT2D eigenvalue weighted by Crippen LogP contribution is -2.37. The van der Waals surface area contributed by atoms with E-state index in [0.717, 1.165) is 5.56 Å². The second-order valence-corrected chi connectivity index (χ2v) is 5.28. The Morgan fingerprint density at radius 1 is 1.25 bits per heavy atom. The highest BCUT2D eigenvalue weighted by Crippen LogP contribution is 2.17. The van der Waals surface area contributed by atoms with Crippen molar-refractivity contribution in [2.45, 2.75) is 20.4 Å². The summed E-state index contributed by atoms with van der Waals surface area (Å²) in [4.78, 5) is 22.9. The van der Waals surface area contributed by atoms with Gasteiger partial charge in [-0.3, -0.25) is 10.1 Å². The quantitative estimate of drug-likeness (QED) is 0.821. The molecule has 0 radical (unpaired) electrons. The van der Waals surface area contributed by atoms with E-state index in [4.69, 9.17) is 11.6 Å². The Kier molecular flexibility index (Phi) is 5.82. The van der Waals surface area contributed by atoms with E-state index >= 15 is 0 Å².